The Hall–Kier alpha value is -2.09. The second-order valence-electron chi connectivity index (χ2n) is 4.27. The van der Waals surface area contributed by atoms with Crippen LogP contribution in [-0.4, -0.2) is 53.2 Å². The van der Waals surface area contributed by atoms with Crippen LogP contribution in [0.3, 0.4) is 0 Å². The Morgan fingerprint density at radius 2 is 1.90 bits per heavy atom. The topological polar surface area (TPSA) is 85.4 Å². The summed E-state index contributed by atoms with van der Waals surface area (Å²) in [7, 11) is 0. The van der Waals surface area contributed by atoms with Gasteiger partial charge in [0.25, 0.3) is 0 Å². The molecule has 1 fully saturated rings. The molecule has 2 unspecified atom stereocenters. The van der Waals surface area contributed by atoms with Crippen molar-refractivity contribution in [3.8, 4) is 0 Å². The molecule has 2 aliphatic heterocycles. The molecule has 0 aliphatic carbocycles. The van der Waals surface area contributed by atoms with Gasteiger partial charge in [-0.3, -0.25) is 4.79 Å². The highest BCUT2D eigenvalue weighted by atomic mass is 16.6. The fraction of sp³-hybridized carbons (Fsp3) is 0.583. The van der Waals surface area contributed by atoms with Gasteiger partial charge in [-0.15, -0.1) is 0 Å². The summed E-state index contributed by atoms with van der Waals surface area (Å²) in [5.41, 5.74) is -1.60. The second-order valence-corrected chi connectivity index (χ2v) is 4.27. The molecule has 0 aromatic rings. The van der Waals surface area contributed by atoms with E-state index in [2.05, 4.69) is 0 Å². The SMILES string of the molecule is CCOC(=O)N1C2C=CC(=O)C(C)(O2)N1C(=O)OCC. The van der Waals surface area contributed by atoms with Gasteiger partial charge in [0.2, 0.25) is 11.5 Å². The van der Waals surface area contributed by atoms with Crippen LogP contribution in [0.1, 0.15) is 20.8 Å². The Morgan fingerprint density at radius 1 is 1.30 bits per heavy atom. The van der Waals surface area contributed by atoms with E-state index in [1.807, 2.05) is 0 Å². The van der Waals surface area contributed by atoms with Gasteiger partial charge in [-0.25, -0.2) is 9.59 Å². The van der Waals surface area contributed by atoms with Gasteiger partial charge in [0, 0.05) is 0 Å². The lowest BCUT2D eigenvalue weighted by Gasteiger charge is -2.32. The largest absolute Gasteiger partial charge is 0.448 e. The third kappa shape index (κ3) is 2.01. The lowest BCUT2D eigenvalue weighted by Crippen LogP contribution is -2.57. The Bertz CT molecular complexity index is 477. The highest BCUT2D eigenvalue weighted by Crippen LogP contribution is 2.37. The predicted octanol–water partition coefficient (Wildman–Crippen LogP) is 1.03. The Morgan fingerprint density at radius 3 is 2.50 bits per heavy atom. The van der Waals surface area contributed by atoms with Crippen LogP contribution in [0.25, 0.3) is 0 Å². The van der Waals surface area contributed by atoms with Gasteiger partial charge in [-0.1, -0.05) is 0 Å². The van der Waals surface area contributed by atoms with Gasteiger partial charge in [-0.2, -0.15) is 10.0 Å². The maximum atomic E-state index is 12.1. The van der Waals surface area contributed by atoms with Crippen LogP contribution < -0.4 is 0 Å². The second kappa shape index (κ2) is 5.12. The first-order valence-corrected chi connectivity index (χ1v) is 6.29. The van der Waals surface area contributed by atoms with Crippen molar-refractivity contribution in [2.75, 3.05) is 13.2 Å². The van der Waals surface area contributed by atoms with Crippen LogP contribution in [0.5, 0.6) is 0 Å². The highest BCUT2D eigenvalue weighted by molar-refractivity contribution is 6.00. The first kappa shape index (κ1) is 14.3. The van der Waals surface area contributed by atoms with Crippen molar-refractivity contribution in [1.82, 2.24) is 10.0 Å². The number of hydrogen-bond donors (Lipinski definition) is 0. The number of carbonyl (C=O) groups is 3. The maximum Gasteiger partial charge on any atom is 0.432 e. The van der Waals surface area contributed by atoms with E-state index < -0.39 is 29.9 Å². The summed E-state index contributed by atoms with van der Waals surface area (Å²) >= 11 is 0. The zero-order chi connectivity index (χ0) is 14.9. The number of rotatable bonds is 2. The van der Waals surface area contributed by atoms with Gasteiger partial charge in [0.05, 0.1) is 13.2 Å². The zero-order valence-corrected chi connectivity index (χ0v) is 11.5. The summed E-state index contributed by atoms with van der Waals surface area (Å²) in [4.78, 5) is 36.0. The normalized spacial score (nSPS) is 27.8. The molecule has 8 nitrogen and oxygen atoms in total. The quantitative estimate of drug-likeness (QED) is 0.753. The molecule has 0 aromatic carbocycles. The Labute approximate surface area is 115 Å². The molecule has 1 saturated heterocycles. The van der Waals surface area contributed by atoms with E-state index in [1.165, 1.54) is 19.1 Å². The third-order valence-electron chi connectivity index (χ3n) is 2.98. The predicted molar refractivity (Wildman–Crippen MR) is 65.1 cm³/mol. The maximum absolute atomic E-state index is 12.1. The number of amides is 2. The van der Waals surface area contributed by atoms with Crippen LogP contribution >= 0.6 is 0 Å². The third-order valence-corrected chi connectivity index (χ3v) is 2.98. The lowest BCUT2D eigenvalue weighted by molar-refractivity contribution is -0.149. The Kier molecular flexibility index (Phi) is 3.67. The van der Waals surface area contributed by atoms with E-state index in [1.54, 1.807) is 13.8 Å². The first-order valence-electron chi connectivity index (χ1n) is 6.29. The number of hydrazine groups is 1. The van der Waals surface area contributed by atoms with Crippen molar-refractivity contribution in [3.63, 3.8) is 0 Å². The number of fused-ring (bicyclic) bond motifs is 2. The lowest BCUT2D eigenvalue weighted by atomic mass is 10.1. The fourth-order valence-corrected chi connectivity index (χ4v) is 2.08. The molecule has 2 aliphatic rings. The summed E-state index contributed by atoms with van der Waals surface area (Å²) in [5.74, 6) is -0.450. The van der Waals surface area contributed by atoms with E-state index in [-0.39, 0.29) is 13.2 Å². The van der Waals surface area contributed by atoms with Crippen molar-refractivity contribution in [2.24, 2.45) is 0 Å². The molecule has 0 saturated carbocycles. The van der Waals surface area contributed by atoms with Gasteiger partial charge in [0.1, 0.15) is 0 Å². The van der Waals surface area contributed by atoms with Crippen LogP contribution in [0.4, 0.5) is 9.59 Å². The summed E-state index contributed by atoms with van der Waals surface area (Å²) in [6.45, 7) is 4.90. The summed E-state index contributed by atoms with van der Waals surface area (Å²) in [6.07, 6.45) is 0.164. The molecule has 20 heavy (non-hydrogen) atoms. The van der Waals surface area contributed by atoms with Crippen LogP contribution in [0.2, 0.25) is 0 Å². The van der Waals surface area contributed by atoms with Crippen LogP contribution in [-0.2, 0) is 19.0 Å². The average molecular weight is 284 g/mol. The zero-order valence-electron chi connectivity index (χ0n) is 11.5. The molecular weight excluding hydrogens is 268 g/mol. The fourth-order valence-electron chi connectivity index (χ4n) is 2.08. The number of hydrogen-bond acceptors (Lipinski definition) is 6. The van der Waals surface area contributed by atoms with E-state index >= 15 is 0 Å². The number of nitrogens with zero attached hydrogens (tertiary/aromatic N) is 2. The molecule has 110 valence electrons. The van der Waals surface area contributed by atoms with Gasteiger partial charge >= 0.3 is 12.2 Å². The smallest absolute Gasteiger partial charge is 0.432 e. The molecule has 2 rings (SSSR count). The molecular formula is C12H16N2O6. The van der Waals surface area contributed by atoms with Crippen molar-refractivity contribution < 1.29 is 28.6 Å². The van der Waals surface area contributed by atoms with Crippen molar-refractivity contribution in [1.29, 1.82) is 0 Å². The molecule has 0 N–H and O–H groups in total. The van der Waals surface area contributed by atoms with Gasteiger partial charge < -0.3 is 14.2 Å². The molecule has 0 spiro atoms. The molecule has 2 heterocycles. The summed E-state index contributed by atoms with van der Waals surface area (Å²) < 4.78 is 15.2. The van der Waals surface area contributed by atoms with Crippen LogP contribution in [0.15, 0.2) is 12.2 Å². The minimum Gasteiger partial charge on any atom is -0.448 e. The van der Waals surface area contributed by atoms with Crippen molar-refractivity contribution in [3.05, 3.63) is 12.2 Å². The standard InChI is InChI=1S/C12H16N2O6/c1-4-18-10(16)13-9-7-6-8(15)12(3,20-9)14(13)11(17)19-5-2/h6-7,9H,4-5H2,1-3H3. The molecule has 0 aromatic heterocycles. The van der Waals surface area contributed by atoms with E-state index in [9.17, 15) is 14.4 Å². The highest BCUT2D eigenvalue weighted by Gasteiger charge is 2.59. The molecule has 0 radical (unpaired) electrons. The van der Waals surface area contributed by atoms with Gasteiger partial charge in [-0.05, 0) is 32.9 Å². The first-order chi connectivity index (χ1) is 9.45. The van der Waals surface area contributed by atoms with E-state index in [0.29, 0.717) is 0 Å². The minimum absolute atomic E-state index is 0.106. The molecule has 2 bridgehead atoms. The van der Waals surface area contributed by atoms with E-state index in [0.717, 1.165) is 10.0 Å². The molecule has 2 atom stereocenters. The summed E-state index contributed by atoms with van der Waals surface area (Å²) in [6, 6.07) is 0. The average Bonchev–Trinajstić information content (AvgIpc) is 2.65. The molecule has 2 amide bonds. The van der Waals surface area contributed by atoms with Crippen molar-refractivity contribution in [2.45, 2.75) is 32.7 Å². The van der Waals surface area contributed by atoms with Crippen molar-refractivity contribution >= 4 is 18.0 Å². The number of carbonyl (C=O) groups excluding carboxylic acids is 3. The van der Waals surface area contributed by atoms with Crippen LogP contribution in [0, 0.1) is 0 Å². The summed E-state index contributed by atoms with van der Waals surface area (Å²) in [5, 5.41) is 1.81. The van der Waals surface area contributed by atoms with Gasteiger partial charge in [0.15, 0.2) is 6.23 Å². The monoisotopic (exact) mass is 284 g/mol. The van der Waals surface area contributed by atoms with E-state index in [4.69, 9.17) is 14.2 Å². The Balaban J connectivity index is 2.38. The number of ketones is 1. The molecule has 8 heteroatoms. The number of ether oxygens (including phenoxy) is 3. The minimum atomic E-state index is -1.60.